The predicted octanol–water partition coefficient (Wildman–Crippen LogP) is 2.59. The zero-order chi connectivity index (χ0) is 11.7. The lowest BCUT2D eigenvalue weighted by Crippen LogP contribution is -1.88. The summed E-state index contributed by atoms with van der Waals surface area (Å²) in [6.45, 7) is 3.36. The largest absolute Gasteiger partial charge is 0.390 e. The van der Waals surface area contributed by atoms with E-state index < -0.39 is 0 Å². The number of aliphatic hydroxyl groups excluding tert-OH is 1. The fourth-order valence-corrected chi connectivity index (χ4v) is 1.57. The number of halogens is 1. The molecule has 0 radical (unpaired) electrons. The summed E-state index contributed by atoms with van der Waals surface area (Å²) in [6.07, 6.45) is 0. The second-order valence-electron chi connectivity index (χ2n) is 3.72. The minimum absolute atomic E-state index is 0.206. The molecule has 0 spiro atoms. The molecule has 2 aromatic rings. The summed E-state index contributed by atoms with van der Waals surface area (Å²) in [7, 11) is 0. The first-order valence-corrected chi connectivity index (χ1v) is 4.96. The molecule has 0 bridgehead atoms. The van der Waals surface area contributed by atoms with Gasteiger partial charge in [0.15, 0.2) is 5.76 Å². The van der Waals surface area contributed by atoms with Crippen molar-refractivity contribution in [2.75, 3.05) is 0 Å². The van der Waals surface area contributed by atoms with Crippen LogP contribution in [-0.4, -0.2) is 10.3 Å². The molecule has 3 nitrogen and oxygen atoms in total. The monoisotopic (exact) mass is 221 g/mol. The third-order valence-electron chi connectivity index (χ3n) is 2.54. The van der Waals surface area contributed by atoms with Crippen molar-refractivity contribution < 1.29 is 14.0 Å². The van der Waals surface area contributed by atoms with Gasteiger partial charge in [-0.25, -0.2) is 4.39 Å². The normalized spacial score (nSPS) is 10.8. The Morgan fingerprint density at radius 1 is 1.38 bits per heavy atom. The van der Waals surface area contributed by atoms with E-state index in [0.29, 0.717) is 22.6 Å². The van der Waals surface area contributed by atoms with Crippen LogP contribution < -0.4 is 0 Å². The summed E-state index contributed by atoms with van der Waals surface area (Å²) in [5, 5.41) is 12.7. The van der Waals surface area contributed by atoms with Gasteiger partial charge in [-0.1, -0.05) is 11.2 Å². The number of hydrogen-bond acceptors (Lipinski definition) is 3. The molecule has 0 aliphatic rings. The summed E-state index contributed by atoms with van der Waals surface area (Å²) in [5.41, 5.74) is 2.33. The van der Waals surface area contributed by atoms with Crippen molar-refractivity contribution in [3.63, 3.8) is 0 Å². The van der Waals surface area contributed by atoms with E-state index in [2.05, 4.69) is 5.16 Å². The van der Waals surface area contributed by atoms with Gasteiger partial charge in [0.2, 0.25) is 0 Å². The highest BCUT2D eigenvalue weighted by Gasteiger charge is 2.16. The molecule has 1 heterocycles. The van der Waals surface area contributed by atoms with Gasteiger partial charge >= 0.3 is 0 Å². The van der Waals surface area contributed by atoms with Crippen LogP contribution in [0.25, 0.3) is 11.3 Å². The summed E-state index contributed by atoms with van der Waals surface area (Å²) >= 11 is 0. The lowest BCUT2D eigenvalue weighted by molar-refractivity contribution is 0.266. The third-order valence-corrected chi connectivity index (χ3v) is 2.54. The van der Waals surface area contributed by atoms with Crippen molar-refractivity contribution in [2.24, 2.45) is 0 Å². The first-order chi connectivity index (χ1) is 7.63. The molecule has 1 aromatic carbocycles. The van der Waals surface area contributed by atoms with Gasteiger partial charge in [0.25, 0.3) is 0 Å². The minimum Gasteiger partial charge on any atom is -0.390 e. The van der Waals surface area contributed by atoms with Gasteiger partial charge in [-0.15, -0.1) is 0 Å². The molecule has 1 aromatic heterocycles. The van der Waals surface area contributed by atoms with Crippen LogP contribution in [0.5, 0.6) is 0 Å². The lowest BCUT2D eigenvalue weighted by atomic mass is 10.1. The number of hydrogen-bond donors (Lipinski definition) is 1. The maximum absolute atomic E-state index is 13.7. The molecule has 0 saturated carbocycles. The molecule has 84 valence electrons. The highest BCUT2D eigenvalue weighted by atomic mass is 19.1. The molecule has 2 rings (SSSR count). The van der Waals surface area contributed by atoms with E-state index in [1.807, 2.05) is 6.92 Å². The maximum Gasteiger partial charge on any atom is 0.173 e. The zero-order valence-electron chi connectivity index (χ0n) is 9.12. The number of aryl methyl sites for hydroxylation is 1. The average Bonchev–Trinajstić information content (AvgIpc) is 2.60. The molecule has 16 heavy (non-hydrogen) atoms. The predicted molar refractivity (Wildman–Crippen MR) is 57.3 cm³/mol. The van der Waals surface area contributed by atoms with Crippen LogP contribution in [0, 0.1) is 19.7 Å². The van der Waals surface area contributed by atoms with E-state index in [0.717, 1.165) is 5.56 Å². The molecule has 1 N–H and O–H groups in total. The summed E-state index contributed by atoms with van der Waals surface area (Å²) in [5.74, 6) is 0.0327. The number of rotatable bonds is 2. The number of aliphatic hydroxyl groups is 1. The Morgan fingerprint density at radius 3 is 2.69 bits per heavy atom. The highest BCUT2D eigenvalue weighted by molar-refractivity contribution is 5.62. The standard InChI is InChI=1S/C12H12FNO2/c1-7-3-4-9(10(13)5-7)12-8(2)11(6-15)14-16-12/h3-5,15H,6H2,1-2H3. The van der Waals surface area contributed by atoms with Crippen molar-refractivity contribution in [2.45, 2.75) is 20.5 Å². The second kappa shape index (κ2) is 4.06. The summed E-state index contributed by atoms with van der Waals surface area (Å²) in [6, 6.07) is 4.90. The Labute approximate surface area is 92.5 Å². The maximum atomic E-state index is 13.7. The molecule has 0 aliphatic carbocycles. The van der Waals surface area contributed by atoms with Crippen LogP contribution in [0.15, 0.2) is 22.7 Å². The fraction of sp³-hybridized carbons (Fsp3) is 0.250. The van der Waals surface area contributed by atoms with Crippen LogP contribution in [0.4, 0.5) is 4.39 Å². The molecular weight excluding hydrogens is 209 g/mol. The third kappa shape index (κ3) is 1.72. The van der Waals surface area contributed by atoms with Gasteiger partial charge in [0.05, 0.1) is 12.2 Å². The van der Waals surface area contributed by atoms with Crippen molar-refractivity contribution in [1.29, 1.82) is 0 Å². The zero-order valence-corrected chi connectivity index (χ0v) is 9.12. The van der Waals surface area contributed by atoms with Crippen molar-refractivity contribution in [3.8, 4) is 11.3 Å². The molecule has 0 saturated heterocycles. The van der Waals surface area contributed by atoms with Gasteiger partial charge in [-0.3, -0.25) is 0 Å². The van der Waals surface area contributed by atoms with E-state index in [1.54, 1.807) is 19.1 Å². The topological polar surface area (TPSA) is 46.3 Å². The van der Waals surface area contributed by atoms with Gasteiger partial charge in [-0.2, -0.15) is 0 Å². The second-order valence-corrected chi connectivity index (χ2v) is 3.72. The Morgan fingerprint density at radius 2 is 2.12 bits per heavy atom. The lowest BCUT2D eigenvalue weighted by Gasteiger charge is -2.01. The van der Waals surface area contributed by atoms with E-state index >= 15 is 0 Å². The Kier molecular flexibility index (Phi) is 2.75. The van der Waals surface area contributed by atoms with E-state index in [1.165, 1.54) is 6.07 Å². The van der Waals surface area contributed by atoms with E-state index in [9.17, 15) is 4.39 Å². The van der Waals surface area contributed by atoms with Crippen LogP contribution in [0.1, 0.15) is 16.8 Å². The minimum atomic E-state index is -0.344. The van der Waals surface area contributed by atoms with Gasteiger partial charge in [-0.05, 0) is 31.5 Å². The van der Waals surface area contributed by atoms with Gasteiger partial charge < -0.3 is 9.63 Å². The Hall–Kier alpha value is -1.68. The van der Waals surface area contributed by atoms with Gasteiger partial charge in [0.1, 0.15) is 11.5 Å². The van der Waals surface area contributed by atoms with Crippen molar-refractivity contribution in [3.05, 3.63) is 40.8 Å². The average molecular weight is 221 g/mol. The Balaban J connectivity index is 2.54. The smallest absolute Gasteiger partial charge is 0.173 e. The molecular formula is C12H12FNO2. The molecule has 0 aliphatic heterocycles. The first kappa shape index (κ1) is 10.8. The van der Waals surface area contributed by atoms with E-state index in [-0.39, 0.29) is 12.4 Å². The van der Waals surface area contributed by atoms with Gasteiger partial charge in [0, 0.05) is 5.56 Å². The summed E-state index contributed by atoms with van der Waals surface area (Å²) in [4.78, 5) is 0. The first-order valence-electron chi connectivity index (χ1n) is 4.96. The molecule has 4 heteroatoms. The number of benzene rings is 1. The van der Waals surface area contributed by atoms with Crippen LogP contribution in [-0.2, 0) is 6.61 Å². The fourth-order valence-electron chi connectivity index (χ4n) is 1.57. The quantitative estimate of drug-likeness (QED) is 0.847. The Bertz CT molecular complexity index is 520. The van der Waals surface area contributed by atoms with Crippen molar-refractivity contribution >= 4 is 0 Å². The van der Waals surface area contributed by atoms with E-state index in [4.69, 9.17) is 9.63 Å². The van der Waals surface area contributed by atoms with Crippen LogP contribution in [0.2, 0.25) is 0 Å². The van der Waals surface area contributed by atoms with Crippen LogP contribution in [0.3, 0.4) is 0 Å². The molecule has 0 fully saturated rings. The van der Waals surface area contributed by atoms with Crippen molar-refractivity contribution in [1.82, 2.24) is 5.16 Å². The number of aromatic nitrogens is 1. The molecule has 0 unspecified atom stereocenters. The molecule has 0 atom stereocenters. The van der Waals surface area contributed by atoms with Crippen LogP contribution >= 0.6 is 0 Å². The summed E-state index contributed by atoms with van der Waals surface area (Å²) < 4.78 is 18.7. The number of nitrogens with zero attached hydrogens (tertiary/aromatic N) is 1. The SMILES string of the molecule is Cc1ccc(-c2onc(CO)c2C)c(F)c1. The highest BCUT2D eigenvalue weighted by Crippen LogP contribution is 2.28. The molecule has 0 amide bonds.